The van der Waals surface area contributed by atoms with E-state index in [9.17, 15) is 4.79 Å². The Labute approximate surface area is 66.8 Å². The third-order valence-electron chi connectivity index (χ3n) is 2.53. The van der Waals surface area contributed by atoms with Crippen LogP contribution in [0.15, 0.2) is 22.8 Å². The van der Waals surface area contributed by atoms with Crippen LogP contribution in [0.25, 0.3) is 0 Å². The molecule has 0 aromatic carbocycles. The normalized spacial score (nSPS) is 23.7. The first-order valence-electron chi connectivity index (χ1n) is 4.24. The van der Waals surface area contributed by atoms with E-state index in [1.165, 1.54) is 18.4 Å². The van der Waals surface area contributed by atoms with Crippen LogP contribution >= 0.6 is 0 Å². The van der Waals surface area contributed by atoms with E-state index >= 15 is 0 Å². The first kappa shape index (κ1) is 6.84. The quantitative estimate of drug-likeness (QED) is 0.515. The number of rotatable bonds is 0. The van der Waals surface area contributed by atoms with Crippen LogP contribution in [0.1, 0.15) is 32.6 Å². The van der Waals surface area contributed by atoms with Gasteiger partial charge in [0.15, 0.2) is 5.78 Å². The fraction of sp³-hybridized carbons (Fsp3) is 0.500. The van der Waals surface area contributed by atoms with Gasteiger partial charge in [0, 0.05) is 5.57 Å². The molecular formula is C10H12O. The lowest BCUT2D eigenvalue weighted by Crippen LogP contribution is -2.03. The highest BCUT2D eigenvalue weighted by molar-refractivity contribution is 6.11. The minimum absolute atomic E-state index is 0.305. The molecule has 2 aliphatic rings. The number of hydrogen-bond acceptors (Lipinski definition) is 1. The molecule has 0 saturated carbocycles. The van der Waals surface area contributed by atoms with Crippen molar-refractivity contribution in [3.05, 3.63) is 22.8 Å². The highest BCUT2D eigenvalue weighted by Gasteiger charge is 2.23. The predicted molar refractivity (Wildman–Crippen MR) is 44.3 cm³/mol. The molecule has 0 aromatic rings. The molecule has 0 aromatic heterocycles. The van der Waals surface area contributed by atoms with Gasteiger partial charge in [-0.3, -0.25) is 4.79 Å². The van der Waals surface area contributed by atoms with Crippen molar-refractivity contribution in [2.45, 2.75) is 32.6 Å². The average molecular weight is 148 g/mol. The summed E-state index contributed by atoms with van der Waals surface area (Å²) in [7, 11) is 0. The van der Waals surface area contributed by atoms with Crippen molar-refractivity contribution >= 4 is 5.78 Å². The van der Waals surface area contributed by atoms with E-state index in [0.717, 1.165) is 24.0 Å². The smallest absolute Gasteiger partial charge is 0.184 e. The molecular weight excluding hydrogens is 136 g/mol. The van der Waals surface area contributed by atoms with E-state index in [1.807, 2.05) is 6.92 Å². The molecule has 2 rings (SSSR count). The van der Waals surface area contributed by atoms with E-state index in [2.05, 4.69) is 6.08 Å². The fourth-order valence-electron chi connectivity index (χ4n) is 1.91. The second-order valence-corrected chi connectivity index (χ2v) is 3.37. The van der Waals surface area contributed by atoms with Gasteiger partial charge in [-0.15, -0.1) is 0 Å². The number of ketones is 1. The predicted octanol–water partition coefficient (Wildman–Crippen LogP) is 2.39. The standard InChI is InChI=1S/C10H12O/c1-7-6-8-4-2-3-5-9(8)10(7)11/h6H,2-5H2,1H3. The van der Waals surface area contributed by atoms with Crippen molar-refractivity contribution in [3.63, 3.8) is 0 Å². The molecule has 0 bridgehead atoms. The van der Waals surface area contributed by atoms with Crippen molar-refractivity contribution in [1.82, 2.24) is 0 Å². The Balaban J connectivity index is 2.37. The minimum Gasteiger partial charge on any atom is -0.289 e. The van der Waals surface area contributed by atoms with Crippen molar-refractivity contribution in [2.24, 2.45) is 0 Å². The average Bonchev–Trinajstić information content (AvgIpc) is 2.30. The molecule has 1 heteroatoms. The van der Waals surface area contributed by atoms with Crippen LogP contribution in [-0.4, -0.2) is 5.78 Å². The first-order valence-corrected chi connectivity index (χ1v) is 4.24. The Morgan fingerprint density at radius 1 is 1.27 bits per heavy atom. The maximum Gasteiger partial charge on any atom is 0.184 e. The Morgan fingerprint density at radius 3 is 2.73 bits per heavy atom. The van der Waals surface area contributed by atoms with E-state index in [0.29, 0.717) is 5.78 Å². The van der Waals surface area contributed by atoms with Gasteiger partial charge in [0.2, 0.25) is 0 Å². The van der Waals surface area contributed by atoms with Crippen LogP contribution in [0, 0.1) is 0 Å². The molecule has 0 saturated heterocycles. The molecule has 2 aliphatic carbocycles. The molecule has 0 aliphatic heterocycles. The fourth-order valence-corrected chi connectivity index (χ4v) is 1.91. The van der Waals surface area contributed by atoms with Gasteiger partial charge in [0.1, 0.15) is 0 Å². The molecule has 11 heavy (non-hydrogen) atoms. The Morgan fingerprint density at radius 2 is 2.00 bits per heavy atom. The van der Waals surface area contributed by atoms with Crippen molar-refractivity contribution in [2.75, 3.05) is 0 Å². The van der Waals surface area contributed by atoms with Crippen LogP contribution in [0.3, 0.4) is 0 Å². The summed E-state index contributed by atoms with van der Waals surface area (Å²) in [5.41, 5.74) is 3.37. The highest BCUT2D eigenvalue weighted by Crippen LogP contribution is 2.33. The van der Waals surface area contributed by atoms with Gasteiger partial charge in [-0.05, 0) is 43.8 Å². The summed E-state index contributed by atoms with van der Waals surface area (Å²) < 4.78 is 0. The molecule has 0 N–H and O–H groups in total. The van der Waals surface area contributed by atoms with Crippen molar-refractivity contribution in [1.29, 1.82) is 0 Å². The maximum atomic E-state index is 11.4. The largest absolute Gasteiger partial charge is 0.289 e. The van der Waals surface area contributed by atoms with E-state index < -0.39 is 0 Å². The molecule has 0 heterocycles. The molecule has 0 fully saturated rings. The Bertz CT molecular complexity index is 269. The first-order chi connectivity index (χ1) is 5.29. The SMILES string of the molecule is CC1=CC2=C(CCCC2)C1=O. The maximum absolute atomic E-state index is 11.4. The Kier molecular flexibility index (Phi) is 1.45. The zero-order valence-electron chi connectivity index (χ0n) is 6.81. The van der Waals surface area contributed by atoms with Gasteiger partial charge in [-0.1, -0.05) is 6.08 Å². The van der Waals surface area contributed by atoms with Gasteiger partial charge in [0.25, 0.3) is 0 Å². The monoisotopic (exact) mass is 148 g/mol. The molecule has 58 valence electrons. The molecule has 0 radical (unpaired) electrons. The summed E-state index contributed by atoms with van der Waals surface area (Å²) in [5.74, 6) is 0.305. The lowest BCUT2D eigenvalue weighted by molar-refractivity contribution is -0.112. The lowest BCUT2D eigenvalue weighted by atomic mass is 9.93. The number of Topliss-reactive ketones (excluding diaryl/α,β-unsaturated/α-hetero) is 1. The van der Waals surface area contributed by atoms with Crippen LogP contribution in [0.5, 0.6) is 0 Å². The van der Waals surface area contributed by atoms with Crippen molar-refractivity contribution < 1.29 is 4.79 Å². The molecule has 1 nitrogen and oxygen atoms in total. The van der Waals surface area contributed by atoms with E-state index in [4.69, 9.17) is 0 Å². The number of carbonyl (C=O) groups is 1. The van der Waals surface area contributed by atoms with Crippen LogP contribution < -0.4 is 0 Å². The van der Waals surface area contributed by atoms with Crippen LogP contribution in [0.2, 0.25) is 0 Å². The summed E-state index contributed by atoms with van der Waals surface area (Å²) >= 11 is 0. The molecule has 0 unspecified atom stereocenters. The van der Waals surface area contributed by atoms with Gasteiger partial charge in [0.05, 0.1) is 0 Å². The summed E-state index contributed by atoms with van der Waals surface area (Å²) in [6.45, 7) is 1.92. The van der Waals surface area contributed by atoms with Crippen LogP contribution in [-0.2, 0) is 4.79 Å². The van der Waals surface area contributed by atoms with E-state index in [-0.39, 0.29) is 0 Å². The summed E-state index contributed by atoms with van der Waals surface area (Å²) in [6, 6.07) is 0. The van der Waals surface area contributed by atoms with Gasteiger partial charge >= 0.3 is 0 Å². The molecule has 0 spiro atoms. The summed E-state index contributed by atoms with van der Waals surface area (Å²) in [6.07, 6.45) is 6.67. The second kappa shape index (κ2) is 2.33. The topological polar surface area (TPSA) is 17.1 Å². The zero-order chi connectivity index (χ0) is 7.84. The van der Waals surface area contributed by atoms with Gasteiger partial charge < -0.3 is 0 Å². The number of carbonyl (C=O) groups excluding carboxylic acids is 1. The third kappa shape index (κ3) is 0.953. The van der Waals surface area contributed by atoms with Gasteiger partial charge in [-0.25, -0.2) is 0 Å². The second-order valence-electron chi connectivity index (χ2n) is 3.37. The molecule has 0 amide bonds. The zero-order valence-corrected chi connectivity index (χ0v) is 6.81. The van der Waals surface area contributed by atoms with Gasteiger partial charge in [-0.2, -0.15) is 0 Å². The summed E-state index contributed by atoms with van der Waals surface area (Å²) in [4.78, 5) is 11.4. The third-order valence-corrected chi connectivity index (χ3v) is 2.53. The summed E-state index contributed by atoms with van der Waals surface area (Å²) in [5, 5.41) is 0. The minimum atomic E-state index is 0.305. The number of hydrogen-bond donors (Lipinski definition) is 0. The highest BCUT2D eigenvalue weighted by atomic mass is 16.1. The number of allylic oxidation sites excluding steroid dienone is 4. The van der Waals surface area contributed by atoms with E-state index in [1.54, 1.807) is 0 Å². The molecule has 0 atom stereocenters. The Hall–Kier alpha value is -0.850. The van der Waals surface area contributed by atoms with Crippen molar-refractivity contribution in [3.8, 4) is 0 Å². The van der Waals surface area contributed by atoms with Crippen LogP contribution in [0.4, 0.5) is 0 Å². The lowest BCUT2D eigenvalue weighted by Gasteiger charge is -2.11.